The topological polar surface area (TPSA) is 63.3 Å². The first-order valence-electron chi connectivity index (χ1n) is 5.65. The second kappa shape index (κ2) is 5.95. The minimum absolute atomic E-state index is 0.0886. The molecule has 104 valence electrons. The molecular formula is C14H11Cl2NO2S. The molecule has 0 bridgehead atoms. The monoisotopic (exact) mass is 327 g/mol. The number of carboxylic acid groups (broad SMARTS) is 1. The van der Waals surface area contributed by atoms with Crippen LogP contribution in [0.4, 0.5) is 5.69 Å². The van der Waals surface area contributed by atoms with E-state index in [1.54, 1.807) is 25.1 Å². The summed E-state index contributed by atoms with van der Waals surface area (Å²) in [5, 5.41) is 10.3. The Morgan fingerprint density at radius 1 is 1.25 bits per heavy atom. The van der Waals surface area contributed by atoms with Crippen molar-refractivity contribution in [3.8, 4) is 0 Å². The highest BCUT2D eigenvalue weighted by molar-refractivity contribution is 7.99. The van der Waals surface area contributed by atoms with E-state index in [1.165, 1.54) is 17.8 Å². The summed E-state index contributed by atoms with van der Waals surface area (Å²) in [6, 6.07) is 8.50. The van der Waals surface area contributed by atoms with Crippen LogP contribution < -0.4 is 5.73 Å². The number of aromatic carboxylic acids is 1. The van der Waals surface area contributed by atoms with E-state index < -0.39 is 5.97 Å². The van der Waals surface area contributed by atoms with Gasteiger partial charge in [-0.3, -0.25) is 0 Å². The van der Waals surface area contributed by atoms with Crippen molar-refractivity contribution in [1.82, 2.24) is 0 Å². The average molecular weight is 328 g/mol. The fourth-order valence-corrected chi connectivity index (χ4v) is 3.17. The zero-order chi connectivity index (χ0) is 14.9. The van der Waals surface area contributed by atoms with Gasteiger partial charge in [-0.25, -0.2) is 4.79 Å². The van der Waals surface area contributed by atoms with Crippen LogP contribution in [0, 0.1) is 6.92 Å². The maximum Gasteiger partial charge on any atom is 0.337 e. The summed E-state index contributed by atoms with van der Waals surface area (Å²) in [7, 11) is 0. The highest BCUT2D eigenvalue weighted by Gasteiger charge is 2.13. The lowest BCUT2D eigenvalue weighted by Gasteiger charge is -2.10. The molecule has 0 saturated heterocycles. The third-order valence-corrected chi connectivity index (χ3v) is 4.42. The van der Waals surface area contributed by atoms with Gasteiger partial charge >= 0.3 is 5.97 Å². The Morgan fingerprint density at radius 2 is 1.95 bits per heavy atom. The van der Waals surface area contributed by atoms with E-state index in [-0.39, 0.29) is 11.3 Å². The number of aryl methyl sites for hydroxylation is 1. The molecule has 0 aliphatic rings. The predicted octanol–water partition coefficient (Wildman–Crippen LogP) is 4.73. The highest BCUT2D eigenvalue weighted by atomic mass is 35.5. The summed E-state index contributed by atoms with van der Waals surface area (Å²) >= 11 is 13.4. The minimum atomic E-state index is -1.05. The van der Waals surface area contributed by atoms with Crippen LogP contribution in [0.25, 0.3) is 0 Å². The Balaban J connectivity index is 2.44. The van der Waals surface area contributed by atoms with Crippen LogP contribution in [0.5, 0.6) is 0 Å². The van der Waals surface area contributed by atoms with Crippen LogP contribution in [-0.4, -0.2) is 11.1 Å². The fraction of sp³-hybridized carbons (Fsp3) is 0.0714. The van der Waals surface area contributed by atoms with Crippen molar-refractivity contribution in [2.45, 2.75) is 16.7 Å². The van der Waals surface area contributed by atoms with Gasteiger partial charge in [0.15, 0.2) is 0 Å². The van der Waals surface area contributed by atoms with Gasteiger partial charge in [-0.2, -0.15) is 0 Å². The normalized spacial score (nSPS) is 10.6. The lowest BCUT2D eigenvalue weighted by atomic mass is 10.1. The molecule has 0 atom stereocenters. The maximum absolute atomic E-state index is 11.2. The van der Waals surface area contributed by atoms with E-state index >= 15 is 0 Å². The molecule has 3 nitrogen and oxygen atoms in total. The molecule has 0 fully saturated rings. The third kappa shape index (κ3) is 3.20. The fourth-order valence-electron chi connectivity index (χ4n) is 1.68. The average Bonchev–Trinajstić information content (AvgIpc) is 2.37. The van der Waals surface area contributed by atoms with Crippen LogP contribution in [0.15, 0.2) is 40.1 Å². The number of halogens is 2. The van der Waals surface area contributed by atoms with E-state index in [4.69, 9.17) is 34.0 Å². The van der Waals surface area contributed by atoms with Crippen LogP contribution in [-0.2, 0) is 0 Å². The zero-order valence-corrected chi connectivity index (χ0v) is 12.8. The molecule has 2 rings (SSSR count). The number of hydrogen-bond acceptors (Lipinski definition) is 3. The van der Waals surface area contributed by atoms with Gasteiger partial charge in [-0.05, 0) is 42.8 Å². The SMILES string of the molecule is Cc1cc(Sc2cc(Cl)ccc2Cl)cc(C(=O)O)c1N. The first-order chi connectivity index (χ1) is 9.38. The number of hydrogen-bond donors (Lipinski definition) is 2. The standard InChI is InChI=1S/C14H11Cl2NO2S/c1-7-4-9(6-10(13(7)17)14(18)19)20-12-5-8(15)2-3-11(12)16/h2-6H,17H2,1H3,(H,18,19). The molecule has 0 aliphatic heterocycles. The van der Waals surface area contributed by atoms with Gasteiger partial charge < -0.3 is 10.8 Å². The van der Waals surface area contributed by atoms with Crippen molar-refractivity contribution >= 4 is 46.6 Å². The molecule has 0 saturated carbocycles. The van der Waals surface area contributed by atoms with Gasteiger partial charge in [-0.1, -0.05) is 35.0 Å². The molecule has 0 aromatic heterocycles. The highest BCUT2D eigenvalue weighted by Crippen LogP contribution is 2.37. The summed E-state index contributed by atoms with van der Waals surface area (Å²) in [5.41, 5.74) is 6.84. The number of rotatable bonds is 3. The van der Waals surface area contributed by atoms with Crippen molar-refractivity contribution in [2.24, 2.45) is 0 Å². The summed E-state index contributed by atoms with van der Waals surface area (Å²) < 4.78 is 0. The molecule has 6 heteroatoms. The Bertz CT molecular complexity index is 689. The molecule has 0 spiro atoms. The van der Waals surface area contributed by atoms with Gasteiger partial charge in [0, 0.05) is 20.5 Å². The van der Waals surface area contributed by atoms with Crippen LogP contribution >= 0.6 is 35.0 Å². The van der Waals surface area contributed by atoms with Crippen LogP contribution in [0.2, 0.25) is 10.0 Å². The van der Waals surface area contributed by atoms with E-state index in [1.807, 2.05) is 6.07 Å². The first kappa shape index (κ1) is 15.0. The van der Waals surface area contributed by atoms with Crippen LogP contribution in [0.3, 0.4) is 0 Å². The van der Waals surface area contributed by atoms with E-state index in [0.717, 1.165) is 9.79 Å². The van der Waals surface area contributed by atoms with Crippen molar-refractivity contribution in [2.75, 3.05) is 5.73 Å². The summed E-state index contributed by atoms with van der Waals surface area (Å²) in [4.78, 5) is 12.7. The molecule has 20 heavy (non-hydrogen) atoms. The largest absolute Gasteiger partial charge is 0.478 e. The predicted molar refractivity (Wildman–Crippen MR) is 83.1 cm³/mol. The number of nitrogen functional groups attached to an aromatic ring is 1. The summed E-state index contributed by atoms with van der Waals surface area (Å²) in [6.07, 6.45) is 0. The molecule has 0 aliphatic carbocycles. The molecule has 3 N–H and O–H groups in total. The van der Waals surface area contributed by atoms with E-state index in [0.29, 0.717) is 15.6 Å². The number of anilines is 1. The van der Waals surface area contributed by atoms with Gasteiger partial charge in [0.05, 0.1) is 10.6 Å². The van der Waals surface area contributed by atoms with Gasteiger partial charge in [-0.15, -0.1) is 0 Å². The van der Waals surface area contributed by atoms with Gasteiger partial charge in [0.25, 0.3) is 0 Å². The maximum atomic E-state index is 11.2. The van der Waals surface area contributed by atoms with Crippen molar-refractivity contribution in [1.29, 1.82) is 0 Å². The molecule has 2 aromatic rings. The second-order valence-corrected chi connectivity index (χ2v) is 6.14. The smallest absolute Gasteiger partial charge is 0.337 e. The molecule has 0 amide bonds. The Labute approximate surface area is 130 Å². The minimum Gasteiger partial charge on any atom is -0.478 e. The third-order valence-electron chi connectivity index (χ3n) is 2.71. The zero-order valence-electron chi connectivity index (χ0n) is 10.5. The quantitative estimate of drug-likeness (QED) is 0.799. The summed E-state index contributed by atoms with van der Waals surface area (Å²) in [5.74, 6) is -1.05. The Hall–Kier alpha value is -1.36. The molecule has 2 aromatic carbocycles. The number of carboxylic acids is 1. The van der Waals surface area contributed by atoms with Crippen LogP contribution in [0.1, 0.15) is 15.9 Å². The summed E-state index contributed by atoms with van der Waals surface area (Å²) in [6.45, 7) is 1.77. The van der Waals surface area contributed by atoms with Gasteiger partial charge in [0.1, 0.15) is 0 Å². The molecule has 0 heterocycles. The van der Waals surface area contributed by atoms with Crippen molar-refractivity contribution in [3.63, 3.8) is 0 Å². The number of nitrogens with two attached hydrogens (primary N) is 1. The lowest BCUT2D eigenvalue weighted by Crippen LogP contribution is -2.04. The Morgan fingerprint density at radius 3 is 2.60 bits per heavy atom. The lowest BCUT2D eigenvalue weighted by molar-refractivity contribution is 0.0697. The molecular weight excluding hydrogens is 317 g/mol. The van der Waals surface area contributed by atoms with Gasteiger partial charge in [0.2, 0.25) is 0 Å². The Kier molecular flexibility index (Phi) is 4.48. The van der Waals surface area contributed by atoms with Crippen molar-refractivity contribution in [3.05, 3.63) is 51.5 Å². The van der Waals surface area contributed by atoms with Crippen molar-refractivity contribution < 1.29 is 9.90 Å². The second-order valence-electron chi connectivity index (χ2n) is 4.18. The molecule has 0 radical (unpaired) electrons. The number of benzene rings is 2. The van der Waals surface area contributed by atoms with E-state index in [9.17, 15) is 4.79 Å². The molecule has 0 unspecified atom stereocenters. The first-order valence-corrected chi connectivity index (χ1v) is 7.22. The number of carbonyl (C=O) groups is 1. The van der Waals surface area contributed by atoms with E-state index in [2.05, 4.69) is 0 Å².